The Kier molecular flexibility index (Phi) is 4.85. The van der Waals surface area contributed by atoms with Crippen molar-refractivity contribution in [2.75, 3.05) is 26.7 Å². The summed E-state index contributed by atoms with van der Waals surface area (Å²) in [6, 6.07) is 1.81. The zero-order valence-corrected chi connectivity index (χ0v) is 13.4. The van der Waals surface area contributed by atoms with Gasteiger partial charge in [0.1, 0.15) is 5.54 Å². The molecule has 0 aromatic carbocycles. The van der Waals surface area contributed by atoms with E-state index in [1.165, 1.54) is 7.11 Å². The van der Waals surface area contributed by atoms with E-state index in [1.807, 2.05) is 12.3 Å². The highest BCUT2D eigenvalue weighted by Gasteiger charge is 2.42. The molecule has 0 atom stereocenters. The highest BCUT2D eigenvalue weighted by molar-refractivity contribution is 5.85. The number of nitrogens with one attached hydrogen (secondary N) is 2. The quantitative estimate of drug-likeness (QED) is 0.763. The summed E-state index contributed by atoms with van der Waals surface area (Å²) in [6.45, 7) is 5.25. The van der Waals surface area contributed by atoms with Crippen LogP contribution in [-0.2, 0) is 19.9 Å². The van der Waals surface area contributed by atoms with Gasteiger partial charge in [0.05, 0.1) is 12.5 Å². The molecule has 1 aliphatic heterocycles. The average Bonchev–Trinajstić information content (AvgIpc) is 3.07. The van der Waals surface area contributed by atoms with Crippen molar-refractivity contribution in [3.05, 3.63) is 18.5 Å². The molecule has 1 fully saturated rings. The Morgan fingerprint density at radius 2 is 2.09 bits per heavy atom. The van der Waals surface area contributed by atoms with Gasteiger partial charge >= 0.3 is 5.97 Å². The van der Waals surface area contributed by atoms with Crippen LogP contribution < -0.4 is 10.6 Å². The zero-order chi connectivity index (χ0) is 16.2. The van der Waals surface area contributed by atoms with Crippen LogP contribution in [0.4, 0.5) is 0 Å². The van der Waals surface area contributed by atoms with Crippen LogP contribution >= 0.6 is 0 Å². The van der Waals surface area contributed by atoms with Gasteiger partial charge < -0.3 is 15.4 Å². The number of esters is 1. The molecule has 22 heavy (non-hydrogen) atoms. The predicted molar refractivity (Wildman–Crippen MR) is 81.1 cm³/mol. The molecule has 1 saturated heterocycles. The molecule has 2 heterocycles. The third kappa shape index (κ3) is 3.14. The Hall–Kier alpha value is -1.89. The number of nitrogens with zero attached hydrogens (tertiary/aromatic N) is 2. The van der Waals surface area contributed by atoms with Gasteiger partial charge in [0, 0.05) is 18.9 Å². The standard InChI is InChI=1S/C15H24N4O3/c1-14(2,13(21)22-3)11-17-12(20)15(5-8-16-9-6-15)19-10-4-7-18-19/h4,7,10,16H,5-6,8-9,11H2,1-3H3,(H,17,20). The first-order chi connectivity index (χ1) is 10.4. The van der Waals surface area contributed by atoms with E-state index in [0.29, 0.717) is 12.8 Å². The van der Waals surface area contributed by atoms with Crippen LogP contribution in [0.5, 0.6) is 0 Å². The van der Waals surface area contributed by atoms with Crippen LogP contribution in [0.2, 0.25) is 0 Å². The molecule has 7 heteroatoms. The molecule has 1 aromatic rings. The van der Waals surface area contributed by atoms with Crippen molar-refractivity contribution in [3.63, 3.8) is 0 Å². The van der Waals surface area contributed by atoms with E-state index in [4.69, 9.17) is 4.74 Å². The second-order valence-corrected chi connectivity index (χ2v) is 6.29. The number of hydrogen-bond acceptors (Lipinski definition) is 5. The highest BCUT2D eigenvalue weighted by Crippen LogP contribution is 2.27. The largest absolute Gasteiger partial charge is 0.469 e. The number of methoxy groups -OCH3 is 1. The second-order valence-electron chi connectivity index (χ2n) is 6.29. The molecule has 122 valence electrons. The van der Waals surface area contributed by atoms with E-state index < -0.39 is 11.0 Å². The van der Waals surface area contributed by atoms with E-state index in [9.17, 15) is 9.59 Å². The number of aromatic nitrogens is 2. The summed E-state index contributed by atoms with van der Waals surface area (Å²) in [7, 11) is 1.35. The van der Waals surface area contributed by atoms with Crippen molar-refractivity contribution in [3.8, 4) is 0 Å². The first-order valence-corrected chi connectivity index (χ1v) is 7.50. The van der Waals surface area contributed by atoms with E-state index in [1.54, 1.807) is 24.7 Å². The summed E-state index contributed by atoms with van der Waals surface area (Å²) in [5.74, 6) is -0.444. The fraction of sp³-hybridized carbons (Fsp3) is 0.667. The lowest BCUT2D eigenvalue weighted by Gasteiger charge is -2.37. The lowest BCUT2D eigenvalue weighted by Crippen LogP contribution is -2.56. The molecule has 2 N–H and O–H groups in total. The maximum absolute atomic E-state index is 12.8. The van der Waals surface area contributed by atoms with Crippen LogP contribution in [0.3, 0.4) is 0 Å². The number of ether oxygens (including phenoxy) is 1. The molecule has 0 bridgehead atoms. The van der Waals surface area contributed by atoms with Crippen molar-refractivity contribution in [1.29, 1.82) is 0 Å². The molecule has 1 aliphatic rings. The van der Waals surface area contributed by atoms with Gasteiger partial charge in [-0.3, -0.25) is 14.3 Å². The predicted octanol–water partition coefficient (Wildman–Crippen LogP) is 0.277. The molecule has 7 nitrogen and oxygen atoms in total. The van der Waals surface area contributed by atoms with E-state index in [-0.39, 0.29) is 18.4 Å². The van der Waals surface area contributed by atoms with Crippen molar-refractivity contribution >= 4 is 11.9 Å². The van der Waals surface area contributed by atoms with Gasteiger partial charge in [0.2, 0.25) is 5.91 Å². The first-order valence-electron chi connectivity index (χ1n) is 7.50. The number of hydrogen-bond donors (Lipinski definition) is 2. The van der Waals surface area contributed by atoms with Crippen LogP contribution in [0.15, 0.2) is 18.5 Å². The third-order valence-corrected chi connectivity index (χ3v) is 4.23. The third-order valence-electron chi connectivity index (χ3n) is 4.23. The summed E-state index contributed by atoms with van der Waals surface area (Å²) < 4.78 is 6.50. The zero-order valence-electron chi connectivity index (χ0n) is 13.4. The summed E-state index contributed by atoms with van der Waals surface area (Å²) in [5.41, 5.74) is -1.45. The Bertz CT molecular complexity index is 519. The van der Waals surface area contributed by atoms with Gasteiger partial charge in [-0.1, -0.05) is 0 Å². The lowest BCUT2D eigenvalue weighted by atomic mass is 9.86. The van der Waals surface area contributed by atoms with Crippen LogP contribution in [0, 0.1) is 5.41 Å². The molecule has 1 amide bonds. The normalized spacial score (nSPS) is 17.8. The molecule has 2 rings (SSSR count). The highest BCUT2D eigenvalue weighted by atomic mass is 16.5. The van der Waals surface area contributed by atoms with Gasteiger partial charge in [0.15, 0.2) is 0 Å². The topological polar surface area (TPSA) is 85.2 Å². The van der Waals surface area contributed by atoms with Crippen molar-refractivity contribution in [2.45, 2.75) is 32.2 Å². The summed E-state index contributed by atoms with van der Waals surface area (Å²) >= 11 is 0. The van der Waals surface area contributed by atoms with Crippen molar-refractivity contribution < 1.29 is 14.3 Å². The fourth-order valence-corrected chi connectivity index (χ4v) is 2.74. The number of rotatable bonds is 5. The molecular formula is C15H24N4O3. The van der Waals surface area contributed by atoms with Crippen molar-refractivity contribution in [2.24, 2.45) is 5.41 Å². The van der Waals surface area contributed by atoms with Crippen molar-refractivity contribution in [1.82, 2.24) is 20.4 Å². The smallest absolute Gasteiger partial charge is 0.313 e. The Morgan fingerprint density at radius 3 is 2.64 bits per heavy atom. The van der Waals surface area contributed by atoms with Gasteiger partial charge in [-0.15, -0.1) is 0 Å². The number of carbonyl (C=O) groups is 2. The molecule has 0 aliphatic carbocycles. The minimum absolute atomic E-state index is 0.102. The van der Waals surface area contributed by atoms with Gasteiger partial charge in [0.25, 0.3) is 0 Å². The summed E-state index contributed by atoms with van der Waals surface area (Å²) in [5, 5.41) is 10.4. The maximum Gasteiger partial charge on any atom is 0.313 e. The number of piperidine rings is 1. The first kappa shape index (κ1) is 16.5. The van der Waals surface area contributed by atoms with E-state index >= 15 is 0 Å². The summed E-state index contributed by atoms with van der Waals surface area (Å²) in [6.07, 6.45) is 4.82. The Labute approximate surface area is 130 Å². The van der Waals surface area contributed by atoms with E-state index in [2.05, 4.69) is 15.7 Å². The minimum atomic E-state index is -0.761. The average molecular weight is 308 g/mol. The van der Waals surface area contributed by atoms with Gasteiger partial charge in [-0.05, 0) is 45.8 Å². The molecule has 0 radical (unpaired) electrons. The Balaban J connectivity index is 2.12. The number of amides is 1. The van der Waals surface area contributed by atoms with Crippen LogP contribution in [-0.4, -0.2) is 48.4 Å². The monoisotopic (exact) mass is 308 g/mol. The maximum atomic E-state index is 12.8. The lowest BCUT2D eigenvalue weighted by molar-refractivity contribution is -0.150. The van der Waals surface area contributed by atoms with Gasteiger partial charge in [-0.2, -0.15) is 5.10 Å². The van der Waals surface area contributed by atoms with Crippen LogP contribution in [0.1, 0.15) is 26.7 Å². The van der Waals surface area contributed by atoms with Crippen LogP contribution in [0.25, 0.3) is 0 Å². The van der Waals surface area contributed by atoms with Gasteiger partial charge in [-0.25, -0.2) is 0 Å². The van der Waals surface area contributed by atoms with E-state index in [0.717, 1.165) is 13.1 Å². The second kappa shape index (κ2) is 6.48. The summed E-state index contributed by atoms with van der Waals surface area (Å²) in [4.78, 5) is 24.6. The SMILES string of the molecule is COC(=O)C(C)(C)CNC(=O)C1(n2cccn2)CCNCC1. The minimum Gasteiger partial charge on any atom is -0.469 e. The molecule has 0 spiro atoms. The fourth-order valence-electron chi connectivity index (χ4n) is 2.74. The Morgan fingerprint density at radius 1 is 1.41 bits per heavy atom. The molecule has 0 unspecified atom stereocenters. The molecule has 0 saturated carbocycles. The molecular weight excluding hydrogens is 284 g/mol. The number of carbonyl (C=O) groups excluding carboxylic acids is 2. The molecule has 1 aromatic heterocycles.